The number of fused-ring (bicyclic) bond motifs is 1. The third kappa shape index (κ3) is 4.10. The molecule has 4 nitrogen and oxygen atoms in total. The van der Waals surface area contributed by atoms with E-state index in [0.717, 1.165) is 19.3 Å². The van der Waals surface area contributed by atoms with E-state index in [-0.39, 0.29) is 28.7 Å². The average Bonchev–Trinajstić information content (AvgIpc) is 2.86. The Balaban J connectivity index is 1.59. The van der Waals surface area contributed by atoms with E-state index in [0.29, 0.717) is 11.7 Å². The van der Waals surface area contributed by atoms with Crippen LogP contribution in [0.2, 0.25) is 0 Å². The summed E-state index contributed by atoms with van der Waals surface area (Å²) in [6, 6.07) is 8.26. The zero-order valence-electron chi connectivity index (χ0n) is 13.3. The Labute approximate surface area is 142 Å². The maximum atomic E-state index is 12.4. The second-order valence-corrected chi connectivity index (χ2v) is 10.2. The van der Waals surface area contributed by atoms with Crippen LogP contribution in [0.5, 0.6) is 0 Å². The fraction of sp³-hybridized carbons (Fsp3) is 0.588. The molecule has 0 saturated carbocycles. The topological polar surface area (TPSA) is 63.2 Å². The second kappa shape index (κ2) is 6.85. The van der Waals surface area contributed by atoms with Gasteiger partial charge in [-0.2, -0.15) is 0 Å². The molecule has 1 amide bonds. The van der Waals surface area contributed by atoms with Crippen molar-refractivity contribution in [1.82, 2.24) is 5.32 Å². The minimum atomic E-state index is -2.96. The van der Waals surface area contributed by atoms with Crippen molar-refractivity contribution in [3.05, 3.63) is 35.4 Å². The van der Waals surface area contributed by atoms with Crippen molar-refractivity contribution in [3.63, 3.8) is 0 Å². The molecule has 0 radical (unpaired) electrons. The summed E-state index contributed by atoms with van der Waals surface area (Å²) in [7, 11) is -2.96. The van der Waals surface area contributed by atoms with Crippen LogP contribution in [-0.2, 0) is 21.1 Å². The Morgan fingerprint density at radius 1 is 1.30 bits per heavy atom. The fourth-order valence-electron chi connectivity index (χ4n) is 3.39. The number of hydrogen-bond acceptors (Lipinski definition) is 4. The second-order valence-electron chi connectivity index (χ2n) is 6.47. The number of carbonyl (C=O) groups excluding carboxylic acids is 1. The van der Waals surface area contributed by atoms with Crippen LogP contribution in [0.3, 0.4) is 0 Å². The minimum Gasteiger partial charge on any atom is -0.351 e. The number of thioether (sulfide) groups is 1. The molecule has 1 aliphatic carbocycles. The number of aryl methyl sites for hydroxylation is 1. The van der Waals surface area contributed by atoms with E-state index in [4.69, 9.17) is 0 Å². The molecular weight excluding hydrogens is 330 g/mol. The number of rotatable bonds is 4. The molecule has 0 bridgehead atoms. The summed E-state index contributed by atoms with van der Waals surface area (Å²) in [4.78, 5) is 12.4. The van der Waals surface area contributed by atoms with E-state index in [1.165, 1.54) is 11.1 Å². The molecule has 6 heteroatoms. The van der Waals surface area contributed by atoms with Crippen molar-refractivity contribution >= 4 is 27.5 Å². The van der Waals surface area contributed by atoms with Gasteiger partial charge < -0.3 is 5.32 Å². The van der Waals surface area contributed by atoms with Crippen molar-refractivity contribution in [3.8, 4) is 0 Å². The van der Waals surface area contributed by atoms with E-state index >= 15 is 0 Å². The van der Waals surface area contributed by atoms with Crippen molar-refractivity contribution < 1.29 is 13.2 Å². The van der Waals surface area contributed by atoms with Gasteiger partial charge in [0.2, 0.25) is 5.91 Å². The van der Waals surface area contributed by atoms with Crippen LogP contribution in [0.25, 0.3) is 0 Å². The third-order valence-corrected chi connectivity index (χ3v) is 7.84. The number of amides is 1. The predicted molar refractivity (Wildman–Crippen MR) is 94.4 cm³/mol. The summed E-state index contributed by atoms with van der Waals surface area (Å²) >= 11 is 1.69. The average molecular weight is 354 g/mol. The first-order chi connectivity index (χ1) is 10.9. The molecule has 2 aliphatic rings. The lowest BCUT2D eigenvalue weighted by atomic mass is 9.91. The van der Waals surface area contributed by atoms with Gasteiger partial charge in [-0.3, -0.25) is 4.79 Å². The summed E-state index contributed by atoms with van der Waals surface area (Å²) in [6.07, 6.45) is 3.91. The lowest BCUT2D eigenvalue weighted by molar-refractivity contribution is -0.120. The molecule has 1 aliphatic heterocycles. The van der Waals surface area contributed by atoms with E-state index in [9.17, 15) is 13.2 Å². The van der Waals surface area contributed by atoms with Gasteiger partial charge in [0.05, 0.1) is 16.8 Å². The first-order valence-corrected chi connectivity index (χ1v) is 10.9. The molecule has 1 saturated heterocycles. The van der Waals surface area contributed by atoms with Crippen LogP contribution in [0.1, 0.15) is 42.6 Å². The summed E-state index contributed by atoms with van der Waals surface area (Å²) in [5.41, 5.74) is 2.75. The number of carbonyl (C=O) groups is 1. The Kier molecular flexibility index (Phi) is 5.01. The van der Waals surface area contributed by atoms with E-state index in [1.807, 2.05) is 6.92 Å². The van der Waals surface area contributed by atoms with Gasteiger partial charge in [-0.1, -0.05) is 24.3 Å². The van der Waals surface area contributed by atoms with Crippen LogP contribution < -0.4 is 5.32 Å². The lowest BCUT2D eigenvalue weighted by Gasteiger charge is -2.27. The summed E-state index contributed by atoms with van der Waals surface area (Å²) < 4.78 is 23.0. The van der Waals surface area contributed by atoms with Gasteiger partial charge >= 0.3 is 0 Å². The largest absolute Gasteiger partial charge is 0.351 e. The maximum absolute atomic E-state index is 12.4. The molecule has 0 aromatic heterocycles. The lowest BCUT2D eigenvalue weighted by Crippen LogP contribution is -2.40. The Hall–Kier alpha value is -1.01. The third-order valence-electron chi connectivity index (χ3n) is 4.63. The standard InChI is InChI=1S/C17H23NO3S2/c1-12(17(19)18-14-9-10-23(20,21)11-14)22-16-8-4-6-13-5-2-3-7-15(13)16/h2-3,5,7,12,14,16H,4,6,8-11H2,1H3,(H,18,19). The molecule has 3 unspecified atom stereocenters. The van der Waals surface area contributed by atoms with Crippen molar-refractivity contribution in [1.29, 1.82) is 0 Å². The summed E-state index contributed by atoms with van der Waals surface area (Å²) in [5.74, 6) is 0.234. The fourth-order valence-corrected chi connectivity index (χ4v) is 6.42. The van der Waals surface area contributed by atoms with Gasteiger partial charge in [0, 0.05) is 11.3 Å². The number of benzene rings is 1. The quantitative estimate of drug-likeness (QED) is 0.903. The van der Waals surface area contributed by atoms with E-state index in [1.54, 1.807) is 11.8 Å². The molecule has 1 aromatic rings. The van der Waals surface area contributed by atoms with Gasteiger partial charge in [-0.25, -0.2) is 8.42 Å². The Morgan fingerprint density at radius 3 is 2.83 bits per heavy atom. The molecule has 1 N–H and O–H groups in total. The first-order valence-electron chi connectivity index (χ1n) is 8.19. The van der Waals surface area contributed by atoms with E-state index in [2.05, 4.69) is 29.6 Å². The molecule has 3 atom stereocenters. The highest BCUT2D eigenvalue weighted by Gasteiger charge is 2.31. The molecule has 0 spiro atoms. The van der Waals surface area contributed by atoms with Crippen LogP contribution in [0.4, 0.5) is 0 Å². The van der Waals surface area contributed by atoms with Gasteiger partial charge in [0.1, 0.15) is 0 Å². The monoisotopic (exact) mass is 353 g/mol. The van der Waals surface area contributed by atoms with Crippen LogP contribution in [-0.4, -0.2) is 37.1 Å². The zero-order valence-corrected chi connectivity index (χ0v) is 15.0. The van der Waals surface area contributed by atoms with Gasteiger partial charge in [0.25, 0.3) is 0 Å². The van der Waals surface area contributed by atoms with E-state index < -0.39 is 9.84 Å². The van der Waals surface area contributed by atoms with Gasteiger partial charge in [-0.05, 0) is 43.7 Å². The number of hydrogen-bond donors (Lipinski definition) is 1. The SMILES string of the molecule is CC(SC1CCCc2ccccc21)C(=O)NC1CCS(=O)(=O)C1. The predicted octanol–water partition coefficient (Wildman–Crippen LogP) is 2.49. The molecular formula is C17H23NO3S2. The zero-order chi connectivity index (χ0) is 16.4. The highest BCUT2D eigenvalue weighted by Crippen LogP contribution is 2.41. The smallest absolute Gasteiger partial charge is 0.233 e. The van der Waals surface area contributed by atoms with Crippen molar-refractivity contribution in [2.24, 2.45) is 0 Å². The molecule has 1 heterocycles. The highest BCUT2D eigenvalue weighted by molar-refractivity contribution is 8.00. The Bertz CT molecular complexity index is 687. The highest BCUT2D eigenvalue weighted by atomic mass is 32.2. The number of nitrogens with one attached hydrogen (secondary N) is 1. The Morgan fingerprint density at radius 2 is 2.09 bits per heavy atom. The summed E-state index contributed by atoms with van der Waals surface area (Å²) in [6.45, 7) is 1.92. The molecule has 23 heavy (non-hydrogen) atoms. The van der Waals surface area contributed by atoms with Gasteiger partial charge in [0.15, 0.2) is 9.84 Å². The van der Waals surface area contributed by atoms with Crippen molar-refractivity contribution in [2.75, 3.05) is 11.5 Å². The normalized spacial score (nSPS) is 27.2. The van der Waals surface area contributed by atoms with Crippen molar-refractivity contribution in [2.45, 2.75) is 49.1 Å². The first kappa shape index (κ1) is 16.8. The van der Waals surface area contributed by atoms with Crippen LogP contribution >= 0.6 is 11.8 Å². The summed E-state index contributed by atoms with van der Waals surface area (Å²) in [5, 5.41) is 3.09. The van der Waals surface area contributed by atoms with Crippen LogP contribution in [0.15, 0.2) is 24.3 Å². The molecule has 126 valence electrons. The molecule has 1 fully saturated rings. The molecule has 1 aromatic carbocycles. The number of sulfone groups is 1. The van der Waals surface area contributed by atoms with Crippen LogP contribution in [0, 0.1) is 0 Å². The van der Waals surface area contributed by atoms with Gasteiger partial charge in [-0.15, -0.1) is 11.8 Å². The maximum Gasteiger partial charge on any atom is 0.233 e. The minimum absolute atomic E-state index is 0.0415. The molecule has 3 rings (SSSR count).